The fourth-order valence-electron chi connectivity index (χ4n) is 1.85. The molecule has 2 rings (SSSR count). The first-order valence-electron chi connectivity index (χ1n) is 6.10. The lowest BCUT2D eigenvalue weighted by atomic mass is 10.2. The Kier molecular flexibility index (Phi) is 4.35. The molecular formula is C15H16NO2S. The van der Waals surface area contributed by atoms with Crippen LogP contribution in [-0.2, 0) is 16.4 Å². The van der Waals surface area contributed by atoms with E-state index in [1.54, 1.807) is 25.1 Å². The van der Waals surface area contributed by atoms with Crippen LogP contribution in [0.15, 0.2) is 53.4 Å². The van der Waals surface area contributed by atoms with Crippen molar-refractivity contribution in [3.05, 3.63) is 65.7 Å². The number of aryl methyl sites for hydroxylation is 1. The van der Waals surface area contributed by atoms with E-state index < -0.39 is 10.0 Å². The quantitative estimate of drug-likeness (QED) is 0.909. The zero-order valence-corrected chi connectivity index (χ0v) is 11.6. The Labute approximate surface area is 114 Å². The second kappa shape index (κ2) is 5.99. The van der Waals surface area contributed by atoms with Crippen LogP contribution in [0.5, 0.6) is 0 Å². The standard InChI is InChI=1S/C15H16NO2S/c1-13-7-5-6-10-15(13)19(17,18)16-12-11-14-8-3-2-4-9-14/h3-10,16H,11-12H2,1H3. The summed E-state index contributed by atoms with van der Waals surface area (Å²) in [6.07, 6.45) is 0.666. The van der Waals surface area contributed by atoms with E-state index in [0.29, 0.717) is 17.9 Å². The minimum atomic E-state index is -3.42. The molecule has 0 atom stereocenters. The summed E-state index contributed by atoms with van der Waals surface area (Å²) in [4.78, 5) is 0.344. The molecule has 0 saturated heterocycles. The normalized spacial score (nSPS) is 11.4. The third-order valence-corrected chi connectivity index (χ3v) is 4.50. The summed E-state index contributed by atoms with van der Waals surface area (Å²) in [6.45, 7) is 2.18. The van der Waals surface area contributed by atoms with Crippen LogP contribution in [0.3, 0.4) is 0 Å². The van der Waals surface area contributed by atoms with Crippen molar-refractivity contribution in [2.75, 3.05) is 6.54 Å². The molecule has 0 aliphatic heterocycles. The van der Waals surface area contributed by atoms with Gasteiger partial charge >= 0.3 is 0 Å². The van der Waals surface area contributed by atoms with E-state index in [1.807, 2.05) is 30.3 Å². The zero-order valence-electron chi connectivity index (χ0n) is 10.8. The van der Waals surface area contributed by atoms with E-state index >= 15 is 0 Å². The Morgan fingerprint density at radius 1 is 1.11 bits per heavy atom. The lowest BCUT2D eigenvalue weighted by Gasteiger charge is -2.09. The molecule has 0 amide bonds. The fraction of sp³-hybridized carbons (Fsp3) is 0.200. The summed E-state index contributed by atoms with van der Waals surface area (Å²) in [5.41, 5.74) is 1.84. The molecular weight excluding hydrogens is 258 g/mol. The van der Waals surface area contributed by atoms with Crippen LogP contribution in [0.25, 0.3) is 0 Å². The molecule has 99 valence electrons. The number of nitrogens with one attached hydrogen (secondary N) is 1. The molecule has 0 spiro atoms. The maximum Gasteiger partial charge on any atom is 0.240 e. The molecule has 0 saturated carbocycles. The van der Waals surface area contributed by atoms with Gasteiger partial charge < -0.3 is 0 Å². The SMILES string of the molecule is Cc1ccccc1S(=O)(=O)NCCc1cc[c]cc1. The molecule has 2 aromatic rings. The van der Waals surface area contributed by atoms with Gasteiger partial charge in [0.25, 0.3) is 0 Å². The van der Waals surface area contributed by atoms with E-state index in [4.69, 9.17) is 0 Å². The van der Waals surface area contributed by atoms with E-state index in [2.05, 4.69) is 10.8 Å². The number of sulfonamides is 1. The molecule has 0 aromatic heterocycles. The molecule has 3 nitrogen and oxygen atoms in total. The lowest BCUT2D eigenvalue weighted by molar-refractivity contribution is 0.581. The monoisotopic (exact) mass is 274 g/mol. The van der Waals surface area contributed by atoms with E-state index in [-0.39, 0.29) is 0 Å². The van der Waals surface area contributed by atoms with Crippen molar-refractivity contribution in [3.63, 3.8) is 0 Å². The summed E-state index contributed by atoms with van der Waals surface area (Å²) < 4.78 is 26.9. The molecule has 2 aromatic carbocycles. The van der Waals surface area contributed by atoms with Crippen LogP contribution in [0.1, 0.15) is 11.1 Å². The molecule has 0 aliphatic rings. The Hall–Kier alpha value is -1.65. The van der Waals surface area contributed by atoms with Crippen molar-refractivity contribution in [2.45, 2.75) is 18.2 Å². The second-order valence-electron chi connectivity index (χ2n) is 4.32. The van der Waals surface area contributed by atoms with E-state index in [9.17, 15) is 8.42 Å². The van der Waals surface area contributed by atoms with Crippen LogP contribution >= 0.6 is 0 Å². The highest BCUT2D eigenvalue weighted by Gasteiger charge is 2.15. The van der Waals surface area contributed by atoms with Gasteiger partial charge in [-0.2, -0.15) is 0 Å². The van der Waals surface area contributed by atoms with Crippen molar-refractivity contribution >= 4 is 10.0 Å². The van der Waals surface area contributed by atoms with Crippen molar-refractivity contribution in [3.8, 4) is 0 Å². The fourth-order valence-corrected chi connectivity index (χ4v) is 3.13. The van der Waals surface area contributed by atoms with Crippen LogP contribution in [0.2, 0.25) is 0 Å². The summed E-state index contributed by atoms with van der Waals surface area (Å²) >= 11 is 0. The lowest BCUT2D eigenvalue weighted by Crippen LogP contribution is -2.26. The van der Waals surface area contributed by atoms with Gasteiger partial charge in [-0.25, -0.2) is 13.1 Å². The average molecular weight is 274 g/mol. The number of rotatable bonds is 5. The smallest absolute Gasteiger partial charge is 0.211 e. The first-order valence-corrected chi connectivity index (χ1v) is 7.58. The number of hydrogen-bond acceptors (Lipinski definition) is 2. The van der Waals surface area contributed by atoms with Gasteiger partial charge in [-0.15, -0.1) is 0 Å². The summed E-state index contributed by atoms with van der Waals surface area (Å²) in [7, 11) is -3.42. The maximum absolute atomic E-state index is 12.1. The molecule has 4 heteroatoms. The van der Waals surface area contributed by atoms with Gasteiger partial charge in [-0.3, -0.25) is 0 Å². The summed E-state index contributed by atoms with van der Waals surface area (Å²) in [5, 5.41) is 0. The summed E-state index contributed by atoms with van der Waals surface area (Å²) in [5.74, 6) is 0. The van der Waals surface area contributed by atoms with Gasteiger partial charge in [0, 0.05) is 6.54 Å². The van der Waals surface area contributed by atoms with Crippen molar-refractivity contribution in [1.29, 1.82) is 0 Å². The Morgan fingerprint density at radius 3 is 2.47 bits per heavy atom. The third-order valence-electron chi connectivity index (χ3n) is 2.88. The van der Waals surface area contributed by atoms with Crippen LogP contribution < -0.4 is 4.72 Å². The van der Waals surface area contributed by atoms with Gasteiger partial charge in [-0.1, -0.05) is 42.5 Å². The molecule has 1 radical (unpaired) electrons. The molecule has 0 aliphatic carbocycles. The van der Waals surface area contributed by atoms with Crippen LogP contribution in [-0.4, -0.2) is 15.0 Å². The molecule has 0 unspecified atom stereocenters. The first-order chi connectivity index (χ1) is 9.09. The molecule has 1 N–H and O–H groups in total. The number of benzene rings is 2. The highest BCUT2D eigenvalue weighted by Crippen LogP contribution is 2.13. The Morgan fingerprint density at radius 2 is 1.79 bits per heavy atom. The predicted octanol–water partition coefficient (Wildman–Crippen LogP) is 2.32. The van der Waals surface area contributed by atoms with Crippen molar-refractivity contribution in [1.82, 2.24) is 4.72 Å². The largest absolute Gasteiger partial charge is 0.240 e. The number of hydrogen-bond donors (Lipinski definition) is 1. The molecule has 0 heterocycles. The summed E-state index contributed by atoms with van der Waals surface area (Å²) in [6, 6.07) is 17.4. The Bertz CT molecular complexity index is 636. The molecule has 19 heavy (non-hydrogen) atoms. The molecule has 0 fully saturated rings. The minimum Gasteiger partial charge on any atom is -0.211 e. The van der Waals surface area contributed by atoms with Crippen molar-refractivity contribution in [2.24, 2.45) is 0 Å². The highest BCUT2D eigenvalue weighted by atomic mass is 32.2. The minimum absolute atomic E-state index is 0.344. The van der Waals surface area contributed by atoms with E-state index in [1.165, 1.54) is 0 Å². The molecule has 0 bridgehead atoms. The van der Waals surface area contributed by atoms with Gasteiger partial charge in [0.2, 0.25) is 10.0 Å². The van der Waals surface area contributed by atoms with Crippen LogP contribution in [0.4, 0.5) is 0 Å². The van der Waals surface area contributed by atoms with Gasteiger partial charge in [0.05, 0.1) is 4.90 Å². The highest BCUT2D eigenvalue weighted by molar-refractivity contribution is 7.89. The van der Waals surface area contributed by atoms with Gasteiger partial charge in [-0.05, 0) is 36.6 Å². The van der Waals surface area contributed by atoms with Gasteiger partial charge in [0.15, 0.2) is 0 Å². The van der Waals surface area contributed by atoms with Gasteiger partial charge in [0.1, 0.15) is 0 Å². The van der Waals surface area contributed by atoms with Crippen LogP contribution in [0, 0.1) is 13.0 Å². The third kappa shape index (κ3) is 3.66. The van der Waals surface area contributed by atoms with E-state index in [0.717, 1.165) is 11.1 Å². The maximum atomic E-state index is 12.1. The first kappa shape index (κ1) is 13.8. The van der Waals surface area contributed by atoms with Crippen molar-refractivity contribution < 1.29 is 8.42 Å². The second-order valence-corrected chi connectivity index (χ2v) is 6.06. The topological polar surface area (TPSA) is 46.2 Å². The predicted molar refractivity (Wildman–Crippen MR) is 75.3 cm³/mol. The zero-order chi connectivity index (χ0) is 13.7. The Balaban J connectivity index is 2.01. The average Bonchev–Trinajstić information content (AvgIpc) is 2.40.